The first-order chi connectivity index (χ1) is 16.8. The maximum Gasteiger partial charge on any atom is 0.319 e. The highest BCUT2D eigenvalue weighted by atomic mass is 35.5. The number of amides is 1. The fraction of sp³-hybridized carbons (Fsp3) is 0.364. The summed E-state index contributed by atoms with van der Waals surface area (Å²) in [6.07, 6.45) is 1.49. The minimum atomic E-state index is -0.302. The first-order valence-electron chi connectivity index (χ1n) is 10.9. The monoisotopic (exact) mass is 516 g/mol. The van der Waals surface area contributed by atoms with Gasteiger partial charge in [0.15, 0.2) is 5.13 Å². The van der Waals surface area contributed by atoms with E-state index in [1.165, 1.54) is 24.6 Å². The molecule has 2 aromatic heterocycles. The summed E-state index contributed by atoms with van der Waals surface area (Å²) in [7, 11) is 1.39. The lowest BCUT2D eigenvalue weighted by molar-refractivity contribution is -0.142. The number of hydrogen-bond donors (Lipinski definition) is 2. The highest BCUT2D eigenvalue weighted by Crippen LogP contribution is 2.28. The molecule has 0 unspecified atom stereocenters. The minimum absolute atomic E-state index is 0.251. The second kappa shape index (κ2) is 10.9. The van der Waals surface area contributed by atoms with Crippen LogP contribution in [-0.4, -0.2) is 76.5 Å². The van der Waals surface area contributed by atoms with Gasteiger partial charge >= 0.3 is 5.97 Å². The molecule has 0 aliphatic carbocycles. The van der Waals surface area contributed by atoms with Crippen LogP contribution in [0.15, 0.2) is 24.4 Å². The lowest BCUT2D eigenvalue weighted by atomic mass is 10.2. The molecule has 1 aromatic carbocycles. The van der Waals surface area contributed by atoms with E-state index in [2.05, 4.69) is 30.6 Å². The lowest BCUT2D eigenvalue weighted by Gasteiger charge is -2.34. The standard InChI is InChI=1S/C22H25ClN8O3S/c1-13-5-4-6-15(23)18(13)27-19(33)16-11-24-22(35-16)29-20-25-14(2)26-21(28-20)31-9-7-30(8-10-31)12-17(32)34-3/h4-6,11H,7-10,12H2,1-3H3,(H,27,33)(H,24,25,26,28,29). The van der Waals surface area contributed by atoms with Crippen molar-refractivity contribution in [1.82, 2.24) is 24.8 Å². The number of ether oxygens (including phenoxy) is 1. The number of nitrogens with one attached hydrogen (secondary N) is 2. The van der Waals surface area contributed by atoms with E-state index >= 15 is 0 Å². The number of methoxy groups -OCH3 is 1. The summed E-state index contributed by atoms with van der Waals surface area (Å²) >= 11 is 7.40. The molecule has 0 spiro atoms. The van der Waals surface area contributed by atoms with Crippen LogP contribution in [0.1, 0.15) is 21.1 Å². The zero-order chi connectivity index (χ0) is 24.9. The van der Waals surface area contributed by atoms with Crippen molar-refractivity contribution in [3.8, 4) is 0 Å². The van der Waals surface area contributed by atoms with Gasteiger partial charge in [0.05, 0.1) is 30.6 Å². The molecule has 3 heterocycles. The zero-order valence-corrected chi connectivity index (χ0v) is 21.1. The molecule has 1 saturated heterocycles. The number of hydrogen-bond acceptors (Lipinski definition) is 11. The molecule has 13 heteroatoms. The Bertz CT molecular complexity index is 1210. The third kappa shape index (κ3) is 6.21. The number of carbonyl (C=O) groups excluding carboxylic acids is 2. The summed E-state index contributed by atoms with van der Waals surface area (Å²) in [5.41, 5.74) is 1.44. The van der Waals surface area contributed by atoms with E-state index in [0.29, 0.717) is 64.6 Å². The SMILES string of the molecule is COC(=O)CN1CCN(c2nc(C)nc(Nc3ncc(C(=O)Nc4c(C)cccc4Cl)s3)n2)CC1. The summed E-state index contributed by atoms with van der Waals surface area (Å²) < 4.78 is 4.74. The van der Waals surface area contributed by atoms with Crippen molar-refractivity contribution >= 4 is 57.5 Å². The number of nitrogens with zero attached hydrogens (tertiary/aromatic N) is 6. The lowest BCUT2D eigenvalue weighted by Crippen LogP contribution is -2.48. The number of piperazine rings is 1. The first kappa shape index (κ1) is 24.8. The molecule has 2 N–H and O–H groups in total. The number of benzene rings is 1. The number of aryl methyl sites for hydroxylation is 2. The van der Waals surface area contributed by atoms with Crippen molar-refractivity contribution in [2.75, 3.05) is 55.4 Å². The van der Waals surface area contributed by atoms with Crippen molar-refractivity contribution in [2.45, 2.75) is 13.8 Å². The maximum absolute atomic E-state index is 12.7. The van der Waals surface area contributed by atoms with Gasteiger partial charge in [-0.05, 0) is 25.5 Å². The summed E-state index contributed by atoms with van der Waals surface area (Å²) in [5, 5.41) is 6.86. The Labute approximate surface area is 211 Å². The van der Waals surface area contributed by atoms with Crippen LogP contribution in [0.3, 0.4) is 0 Å². The van der Waals surface area contributed by atoms with E-state index in [1.807, 2.05) is 28.9 Å². The van der Waals surface area contributed by atoms with Gasteiger partial charge in [0, 0.05) is 26.2 Å². The summed E-state index contributed by atoms with van der Waals surface area (Å²) in [6, 6.07) is 5.43. The Morgan fingerprint density at radius 2 is 1.91 bits per heavy atom. The van der Waals surface area contributed by atoms with Crippen molar-refractivity contribution in [1.29, 1.82) is 0 Å². The van der Waals surface area contributed by atoms with E-state index < -0.39 is 0 Å². The Morgan fingerprint density at radius 3 is 2.63 bits per heavy atom. The highest BCUT2D eigenvalue weighted by Gasteiger charge is 2.22. The summed E-state index contributed by atoms with van der Waals surface area (Å²) in [4.78, 5) is 46.3. The Hall–Kier alpha value is -3.35. The molecular weight excluding hydrogens is 492 g/mol. The van der Waals surface area contributed by atoms with E-state index in [-0.39, 0.29) is 18.4 Å². The zero-order valence-electron chi connectivity index (χ0n) is 19.5. The largest absolute Gasteiger partial charge is 0.468 e. The van der Waals surface area contributed by atoms with Crippen LogP contribution in [-0.2, 0) is 9.53 Å². The van der Waals surface area contributed by atoms with Crippen molar-refractivity contribution in [3.63, 3.8) is 0 Å². The van der Waals surface area contributed by atoms with Gasteiger partial charge in [0.2, 0.25) is 11.9 Å². The van der Waals surface area contributed by atoms with Gasteiger partial charge in [0.1, 0.15) is 10.7 Å². The van der Waals surface area contributed by atoms with E-state index in [9.17, 15) is 9.59 Å². The number of para-hydroxylation sites is 1. The Balaban J connectivity index is 1.41. The van der Waals surface area contributed by atoms with Gasteiger partial charge < -0.3 is 15.0 Å². The second-order valence-electron chi connectivity index (χ2n) is 7.89. The van der Waals surface area contributed by atoms with Crippen molar-refractivity contribution in [3.05, 3.63) is 45.7 Å². The quantitative estimate of drug-likeness (QED) is 0.452. The third-order valence-corrected chi connectivity index (χ3v) is 6.61. The number of carbonyl (C=O) groups is 2. The highest BCUT2D eigenvalue weighted by molar-refractivity contribution is 7.17. The fourth-order valence-corrected chi connectivity index (χ4v) is 4.49. The predicted molar refractivity (Wildman–Crippen MR) is 135 cm³/mol. The third-order valence-electron chi connectivity index (χ3n) is 5.38. The van der Waals surface area contributed by atoms with Crippen LogP contribution in [0.2, 0.25) is 5.02 Å². The smallest absolute Gasteiger partial charge is 0.319 e. The number of aromatic nitrogens is 4. The minimum Gasteiger partial charge on any atom is -0.468 e. The van der Waals surface area contributed by atoms with Crippen LogP contribution in [0, 0.1) is 13.8 Å². The molecule has 1 amide bonds. The maximum atomic E-state index is 12.7. The number of halogens is 1. The molecule has 11 nitrogen and oxygen atoms in total. The molecule has 184 valence electrons. The average molecular weight is 517 g/mol. The summed E-state index contributed by atoms with van der Waals surface area (Å²) in [6.45, 7) is 6.66. The molecule has 0 saturated carbocycles. The topological polar surface area (TPSA) is 125 Å². The molecule has 1 aliphatic rings. The van der Waals surface area contributed by atoms with Gasteiger partial charge in [-0.3, -0.25) is 19.8 Å². The van der Waals surface area contributed by atoms with Crippen LogP contribution >= 0.6 is 22.9 Å². The molecular formula is C22H25ClN8O3S. The van der Waals surface area contributed by atoms with E-state index in [4.69, 9.17) is 16.3 Å². The van der Waals surface area contributed by atoms with Gasteiger partial charge in [-0.15, -0.1) is 0 Å². The summed E-state index contributed by atoms with van der Waals surface area (Å²) in [5.74, 6) is 0.885. The Kier molecular flexibility index (Phi) is 7.73. The van der Waals surface area contributed by atoms with Gasteiger partial charge in [-0.25, -0.2) is 4.98 Å². The molecule has 0 atom stereocenters. The molecule has 4 rings (SSSR count). The van der Waals surface area contributed by atoms with Gasteiger partial charge in [0.25, 0.3) is 5.91 Å². The molecule has 3 aromatic rings. The van der Waals surface area contributed by atoms with Crippen molar-refractivity contribution in [2.24, 2.45) is 0 Å². The molecule has 1 fully saturated rings. The molecule has 0 bridgehead atoms. The number of rotatable bonds is 7. The van der Waals surface area contributed by atoms with Crippen LogP contribution in [0.25, 0.3) is 0 Å². The second-order valence-corrected chi connectivity index (χ2v) is 9.32. The number of esters is 1. The van der Waals surface area contributed by atoms with Crippen LogP contribution < -0.4 is 15.5 Å². The van der Waals surface area contributed by atoms with E-state index in [0.717, 1.165) is 5.56 Å². The van der Waals surface area contributed by atoms with Crippen LogP contribution in [0.4, 0.5) is 22.7 Å². The molecule has 1 aliphatic heterocycles. The van der Waals surface area contributed by atoms with Gasteiger partial charge in [-0.1, -0.05) is 35.1 Å². The van der Waals surface area contributed by atoms with Gasteiger partial charge in [-0.2, -0.15) is 15.0 Å². The number of anilines is 4. The molecule has 35 heavy (non-hydrogen) atoms. The average Bonchev–Trinajstić information content (AvgIpc) is 3.30. The van der Waals surface area contributed by atoms with Crippen LogP contribution in [0.5, 0.6) is 0 Å². The van der Waals surface area contributed by atoms with E-state index in [1.54, 1.807) is 13.0 Å². The number of thiazole rings is 1. The van der Waals surface area contributed by atoms with Crippen molar-refractivity contribution < 1.29 is 14.3 Å². The fourth-order valence-electron chi connectivity index (χ4n) is 3.52. The molecule has 0 radical (unpaired) electrons. The first-order valence-corrected chi connectivity index (χ1v) is 12.1. The predicted octanol–water partition coefficient (Wildman–Crippen LogP) is 2.89. The Morgan fingerprint density at radius 1 is 1.14 bits per heavy atom. The normalized spacial score (nSPS) is 14.0.